The van der Waals surface area contributed by atoms with Crippen molar-refractivity contribution >= 4 is 16.9 Å². The van der Waals surface area contributed by atoms with Gasteiger partial charge in [0.05, 0.1) is 7.11 Å². The standard InChI is InChI=1S/C13H18O3S/c1-13(2,3)17-12(15)11(14)9-7-5-6-8-10(9)16-4/h5-8,11,14H,1-4H3/t11-/m1/s1. The molecular formula is C13H18O3S. The molecule has 0 saturated heterocycles. The Hall–Kier alpha value is -1.000. The first-order valence-corrected chi connectivity index (χ1v) is 6.20. The minimum atomic E-state index is -1.14. The predicted octanol–water partition coefficient (Wildman–Crippen LogP) is 2.79. The van der Waals surface area contributed by atoms with Crippen LogP contribution in [0.15, 0.2) is 24.3 Å². The molecule has 17 heavy (non-hydrogen) atoms. The van der Waals surface area contributed by atoms with Gasteiger partial charge in [-0.15, -0.1) is 0 Å². The summed E-state index contributed by atoms with van der Waals surface area (Å²) >= 11 is 1.13. The Bertz CT molecular complexity index is 396. The molecule has 0 bridgehead atoms. The van der Waals surface area contributed by atoms with Gasteiger partial charge >= 0.3 is 0 Å². The molecule has 1 atom stereocenters. The molecular weight excluding hydrogens is 236 g/mol. The molecule has 0 aliphatic rings. The summed E-state index contributed by atoms with van der Waals surface area (Å²) in [7, 11) is 1.52. The van der Waals surface area contributed by atoms with Gasteiger partial charge in [0.1, 0.15) is 5.75 Å². The van der Waals surface area contributed by atoms with Crippen LogP contribution in [-0.4, -0.2) is 22.1 Å². The zero-order valence-corrected chi connectivity index (χ0v) is 11.4. The molecule has 0 amide bonds. The van der Waals surface area contributed by atoms with Crippen LogP contribution in [0.5, 0.6) is 5.75 Å². The topological polar surface area (TPSA) is 46.5 Å². The second-order valence-corrected chi connectivity index (χ2v) is 6.51. The molecule has 0 aliphatic carbocycles. The number of para-hydroxylation sites is 1. The van der Waals surface area contributed by atoms with Crippen LogP contribution in [0.2, 0.25) is 0 Å². The number of rotatable bonds is 3. The zero-order chi connectivity index (χ0) is 13.1. The molecule has 0 saturated carbocycles. The van der Waals surface area contributed by atoms with Crippen molar-refractivity contribution in [2.75, 3.05) is 7.11 Å². The molecule has 0 unspecified atom stereocenters. The van der Waals surface area contributed by atoms with Gasteiger partial charge in [0.15, 0.2) is 6.10 Å². The number of hydrogen-bond acceptors (Lipinski definition) is 4. The number of aliphatic hydroxyl groups is 1. The van der Waals surface area contributed by atoms with E-state index in [9.17, 15) is 9.90 Å². The van der Waals surface area contributed by atoms with E-state index in [0.29, 0.717) is 11.3 Å². The molecule has 94 valence electrons. The van der Waals surface area contributed by atoms with Crippen LogP contribution in [0, 0.1) is 0 Å². The third-order valence-corrected chi connectivity index (χ3v) is 3.10. The number of carbonyl (C=O) groups is 1. The highest BCUT2D eigenvalue weighted by molar-refractivity contribution is 8.14. The van der Waals surface area contributed by atoms with Crippen LogP contribution in [0.25, 0.3) is 0 Å². The second kappa shape index (κ2) is 5.56. The van der Waals surface area contributed by atoms with Crippen LogP contribution in [0.3, 0.4) is 0 Å². The molecule has 3 nitrogen and oxygen atoms in total. The largest absolute Gasteiger partial charge is 0.496 e. The number of benzene rings is 1. The normalized spacial score (nSPS) is 13.2. The fourth-order valence-electron chi connectivity index (χ4n) is 1.38. The lowest BCUT2D eigenvalue weighted by Crippen LogP contribution is -2.17. The van der Waals surface area contributed by atoms with E-state index in [0.717, 1.165) is 11.8 Å². The highest BCUT2D eigenvalue weighted by atomic mass is 32.2. The first-order chi connectivity index (χ1) is 7.85. The first kappa shape index (κ1) is 14.1. The molecule has 1 aromatic rings. The van der Waals surface area contributed by atoms with Crippen molar-refractivity contribution in [3.8, 4) is 5.75 Å². The Morgan fingerprint density at radius 1 is 1.35 bits per heavy atom. The Morgan fingerprint density at radius 3 is 2.47 bits per heavy atom. The molecule has 0 aliphatic heterocycles. The number of aliphatic hydroxyl groups excluding tert-OH is 1. The smallest absolute Gasteiger partial charge is 0.222 e. The van der Waals surface area contributed by atoms with E-state index in [1.807, 2.05) is 20.8 Å². The van der Waals surface area contributed by atoms with Crippen molar-refractivity contribution in [1.82, 2.24) is 0 Å². The van der Waals surface area contributed by atoms with Crippen molar-refractivity contribution in [2.24, 2.45) is 0 Å². The van der Waals surface area contributed by atoms with E-state index in [4.69, 9.17) is 4.74 Å². The Balaban J connectivity index is 2.89. The average molecular weight is 254 g/mol. The maximum absolute atomic E-state index is 11.9. The van der Waals surface area contributed by atoms with Gasteiger partial charge in [-0.25, -0.2) is 0 Å². The summed E-state index contributed by atoms with van der Waals surface area (Å²) in [6, 6.07) is 7.00. The van der Waals surface area contributed by atoms with E-state index in [1.54, 1.807) is 24.3 Å². The van der Waals surface area contributed by atoms with Gasteiger partial charge in [0, 0.05) is 10.3 Å². The quantitative estimate of drug-likeness (QED) is 0.901. The summed E-state index contributed by atoms with van der Waals surface area (Å²) in [5.74, 6) is 0.530. The lowest BCUT2D eigenvalue weighted by molar-refractivity contribution is -0.118. The molecule has 1 N–H and O–H groups in total. The number of methoxy groups -OCH3 is 1. The average Bonchev–Trinajstić information content (AvgIpc) is 2.25. The molecule has 1 aromatic carbocycles. The van der Waals surface area contributed by atoms with Gasteiger partial charge in [-0.2, -0.15) is 0 Å². The van der Waals surface area contributed by atoms with E-state index in [1.165, 1.54) is 7.11 Å². The lowest BCUT2D eigenvalue weighted by Gasteiger charge is -2.19. The number of ether oxygens (including phenoxy) is 1. The van der Waals surface area contributed by atoms with Gasteiger partial charge < -0.3 is 9.84 Å². The first-order valence-electron chi connectivity index (χ1n) is 5.39. The molecule has 0 aromatic heterocycles. The van der Waals surface area contributed by atoms with E-state index in [2.05, 4.69) is 0 Å². The lowest BCUT2D eigenvalue weighted by atomic mass is 10.1. The van der Waals surface area contributed by atoms with Gasteiger partial charge in [-0.1, -0.05) is 50.7 Å². The van der Waals surface area contributed by atoms with Gasteiger partial charge in [-0.3, -0.25) is 4.79 Å². The minimum absolute atomic E-state index is 0.208. The van der Waals surface area contributed by atoms with E-state index >= 15 is 0 Å². The van der Waals surface area contributed by atoms with Crippen molar-refractivity contribution in [3.05, 3.63) is 29.8 Å². The summed E-state index contributed by atoms with van der Waals surface area (Å²) in [4.78, 5) is 11.9. The summed E-state index contributed by atoms with van der Waals surface area (Å²) in [5, 5.41) is 9.75. The second-order valence-electron chi connectivity index (χ2n) is 4.68. The molecule has 0 fully saturated rings. The predicted molar refractivity (Wildman–Crippen MR) is 70.3 cm³/mol. The number of carbonyl (C=O) groups excluding carboxylic acids is 1. The fourth-order valence-corrected chi connectivity index (χ4v) is 2.22. The summed E-state index contributed by atoms with van der Waals surface area (Å²) in [6.07, 6.45) is -1.14. The number of hydrogen-bond donors (Lipinski definition) is 1. The molecule has 0 heterocycles. The zero-order valence-electron chi connectivity index (χ0n) is 10.6. The van der Waals surface area contributed by atoms with Crippen LogP contribution in [0.1, 0.15) is 32.4 Å². The summed E-state index contributed by atoms with van der Waals surface area (Å²) in [6.45, 7) is 5.81. The van der Waals surface area contributed by atoms with Crippen LogP contribution >= 0.6 is 11.8 Å². The third kappa shape index (κ3) is 4.06. The van der Waals surface area contributed by atoms with Crippen molar-refractivity contribution < 1.29 is 14.6 Å². The Labute approximate surface area is 106 Å². The van der Waals surface area contributed by atoms with E-state index < -0.39 is 6.10 Å². The molecule has 4 heteroatoms. The Morgan fingerprint density at radius 2 is 1.94 bits per heavy atom. The highest BCUT2D eigenvalue weighted by Gasteiger charge is 2.26. The molecule has 0 spiro atoms. The fraction of sp³-hybridized carbons (Fsp3) is 0.462. The third-order valence-electron chi connectivity index (χ3n) is 2.06. The van der Waals surface area contributed by atoms with Gasteiger partial charge in [0.25, 0.3) is 0 Å². The number of thioether (sulfide) groups is 1. The van der Waals surface area contributed by atoms with Crippen molar-refractivity contribution in [2.45, 2.75) is 31.6 Å². The van der Waals surface area contributed by atoms with Crippen LogP contribution < -0.4 is 4.74 Å². The SMILES string of the molecule is COc1ccccc1[C@@H](O)C(=O)SC(C)(C)C. The molecule has 0 radical (unpaired) electrons. The monoisotopic (exact) mass is 254 g/mol. The maximum atomic E-state index is 11.9. The van der Waals surface area contributed by atoms with Crippen molar-refractivity contribution in [3.63, 3.8) is 0 Å². The van der Waals surface area contributed by atoms with E-state index in [-0.39, 0.29) is 9.86 Å². The summed E-state index contributed by atoms with van der Waals surface area (Å²) < 4.78 is 4.92. The minimum Gasteiger partial charge on any atom is -0.496 e. The maximum Gasteiger partial charge on any atom is 0.222 e. The summed E-state index contributed by atoms with van der Waals surface area (Å²) in [5.41, 5.74) is 0.511. The highest BCUT2D eigenvalue weighted by Crippen LogP contribution is 2.33. The van der Waals surface area contributed by atoms with Gasteiger partial charge in [0.2, 0.25) is 5.12 Å². The van der Waals surface area contributed by atoms with Crippen LogP contribution in [0.4, 0.5) is 0 Å². The van der Waals surface area contributed by atoms with Gasteiger partial charge in [-0.05, 0) is 6.07 Å². The molecule has 1 rings (SSSR count). The van der Waals surface area contributed by atoms with Crippen molar-refractivity contribution in [1.29, 1.82) is 0 Å². The van der Waals surface area contributed by atoms with Crippen LogP contribution in [-0.2, 0) is 4.79 Å². The Kier molecular flexibility index (Phi) is 4.60.